The molecule has 5 nitrogen and oxygen atoms in total. The predicted molar refractivity (Wildman–Crippen MR) is 82.2 cm³/mol. The fraction of sp³-hybridized carbons (Fsp3) is 0.133. The van der Waals surface area contributed by atoms with E-state index in [4.69, 9.17) is 0 Å². The number of hydrazone groups is 1. The Hall–Kier alpha value is -2.48. The first-order chi connectivity index (χ1) is 10.9. The summed E-state index contributed by atoms with van der Waals surface area (Å²) in [4.78, 5) is 2.18. The number of benzene rings is 2. The molecule has 0 aliphatic heterocycles. The molecule has 0 amide bonds. The van der Waals surface area contributed by atoms with Gasteiger partial charge in [-0.2, -0.15) is 22.3 Å². The third kappa shape index (κ3) is 5.03. The SMILES string of the molecule is Cc1ccc(S(=O)(=O)N/N=C/c2ccc(OC(F)F)cc2)cc1. The van der Waals surface area contributed by atoms with Gasteiger partial charge in [-0.1, -0.05) is 17.7 Å². The molecule has 2 rings (SSSR count). The number of nitrogens with one attached hydrogen (secondary N) is 1. The summed E-state index contributed by atoms with van der Waals surface area (Å²) in [5, 5.41) is 3.65. The highest BCUT2D eigenvalue weighted by Gasteiger charge is 2.11. The fourth-order valence-corrected chi connectivity index (χ4v) is 2.47. The van der Waals surface area contributed by atoms with Crippen LogP contribution in [0.3, 0.4) is 0 Å². The van der Waals surface area contributed by atoms with Gasteiger partial charge in [0.05, 0.1) is 11.1 Å². The minimum Gasteiger partial charge on any atom is -0.435 e. The van der Waals surface area contributed by atoms with E-state index in [0.29, 0.717) is 5.56 Å². The number of hydrogen-bond acceptors (Lipinski definition) is 4. The zero-order valence-corrected chi connectivity index (χ0v) is 12.9. The van der Waals surface area contributed by atoms with Crippen molar-refractivity contribution in [2.45, 2.75) is 18.4 Å². The van der Waals surface area contributed by atoms with E-state index < -0.39 is 16.6 Å². The zero-order chi connectivity index (χ0) is 16.9. The highest BCUT2D eigenvalue weighted by atomic mass is 32.2. The van der Waals surface area contributed by atoms with Gasteiger partial charge in [0, 0.05) is 0 Å². The molecular weight excluding hydrogens is 326 g/mol. The first-order valence-corrected chi connectivity index (χ1v) is 8.01. The molecule has 0 radical (unpaired) electrons. The van der Waals surface area contributed by atoms with Crippen molar-refractivity contribution in [1.29, 1.82) is 0 Å². The molecule has 2 aromatic carbocycles. The molecule has 0 aliphatic carbocycles. The Balaban J connectivity index is 2.01. The summed E-state index contributed by atoms with van der Waals surface area (Å²) in [5.74, 6) is 0.0115. The third-order valence-electron chi connectivity index (χ3n) is 2.82. The quantitative estimate of drug-likeness (QED) is 0.649. The Labute approximate surface area is 132 Å². The fourth-order valence-electron chi connectivity index (χ4n) is 1.68. The number of alkyl halides is 2. The topological polar surface area (TPSA) is 67.8 Å². The van der Waals surface area contributed by atoms with E-state index >= 15 is 0 Å². The largest absolute Gasteiger partial charge is 0.435 e. The van der Waals surface area contributed by atoms with E-state index in [0.717, 1.165) is 5.56 Å². The lowest BCUT2D eigenvalue weighted by Gasteiger charge is -2.04. The Morgan fingerprint density at radius 1 is 1.09 bits per heavy atom. The summed E-state index contributed by atoms with van der Waals surface area (Å²) in [6.07, 6.45) is 1.26. The second-order valence-corrected chi connectivity index (χ2v) is 6.27. The number of aryl methyl sites for hydroxylation is 1. The summed E-state index contributed by atoms with van der Waals surface area (Å²) in [7, 11) is -3.74. The van der Waals surface area contributed by atoms with Crippen LogP contribution in [-0.2, 0) is 10.0 Å². The van der Waals surface area contributed by atoms with Crippen LogP contribution in [0.1, 0.15) is 11.1 Å². The lowest BCUT2D eigenvalue weighted by atomic mass is 10.2. The maximum atomic E-state index is 12.0. The van der Waals surface area contributed by atoms with Crippen LogP contribution in [0.5, 0.6) is 5.75 Å². The van der Waals surface area contributed by atoms with Gasteiger partial charge in [-0.3, -0.25) is 0 Å². The molecule has 122 valence electrons. The number of ether oxygens (including phenoxy) is 1. The van der Waals surface area contributed by atoms with E-state index in [-0.39, 0.29) is 10.6 Å². The normalized spacial score (nSPS) is 11.8. The maximum Gasteiger partial charge on any atom is 0.387 e. The van der Waals surface area contributed by atoms with Crippen LogP contribution in [0, 0.1) is 6.92 Å². The second kappa shape index (κ2) is 7.19. The molecule has 0 spiro atoms. The molecule has 0 saturated carbocycles. The first-order valence-electron chi connectivity index (χ1n) is 6.53. The number of nitrogens with zero attached hydrogens (tertiary/aromatic N) is 1. The molecule has 0 fully saturated rings. The second-order valence-electron chi connectivity index (χ2n) is 4.61. The highest BCUT2D eigenvalue weighted by molar-refractivity contribution is 7.89. The van der Waals surface area contributed by atoms with E-state index in [1.54, 1.807) is 12.1 Å². The number of halogens is 2. The minimum absolute atomic E-state index is 0.0115. The van der Waals surface area contributed by atoms with Crippen LogP contribution in [-0.4, -0.2) is 21.2 Å². The molecule has 0 heterocycles. The molecule has 23 heavy (non-hydrogen) atoms. The van der Waals surface area contributed by atoms with Crippen LogP contribution >= 0.6 is 0 Å². The standard InChI is InChI=1S/C15H14F2N2O3S/c1-11-2-8-14(9-3-11)23(20,21)19-18-10-12-4-6-13(7-5-12)22-15(16)17/h2-10,15,19H,1H3/b18-10+. The van der Waals surface area contributed by atoms with Crippen molar-refractivity contribution in [1.82, 2.24) is 4.83 Å². The summed E-state index contributed by atoms with van der Waals surface area (Å²) < 4.78 is 52.2. The Bertz CT molecular complexity index is 773. The van der Waals surface area contributed by atoms with Crippen molar-refractivity contribution < 1.29 is 21.9 Å². The average Bonchev–Trinajstić information content (AvgIpc) is 2.49. The highest BCUT2D eigenvalue weighted by Crippen LogP contribution is 2.14. The van der Waals surface area contributed by atoms with Crippen LogP contribution < -0.4 is 9.57 Å². The predicted octanol–water partition coefficient (Wildman–Crippen LogP) is 2.91. The molecule has 0 bridgehead atoms. The van der Waals surface area contributed by atoms with Crippen LogP contribution in [0.2, 0.25) is 0 Å². The zero-order valence-electron chi connectivity index (χ0n) is 12.1. The lowest BCUT2D eigenvalue weighted by molar-refractivity contribution is -0.0498. The number of sulfonamides is 1. The van der Waals surface area contributed by atoms with Crippen LogP contribution in [0.4, 0.5) is 8.78 Å². The van der Waals surface area contributed by atoms with Gasteiger partial charge in [-0.15, -0.1) is 0 Å². The maximum absolute atomic E-state index is 12.0. The number of rotatable bonds is 6. The lowest BCUT2D eigenvalue weighted by Crippen LogP contribution is -2.18. The smallest absolute Gasteiger partial charge is 0.387 e. The minimum atomic E-state index is -3.74. The van der Waals surface area contributed by atoms with Gasteiger partial charge in [-0.25, -0.2) is 4.83 Å². The molecular formula is C15H14F2N2O3S. The van der Waals surface area contributed by atoms with E-state index in [1.165, 1.54) is 42.6 Å². The molecule has 0 aliphatic rings. The van der Waals surface area contributed by atoms with Crippen molar-refractivity contribution in [2.75, 3.05) is 0 Å². The van der Waals surface area contributed by atoms with E-state index in [2.05, 4.69) is 14.7 Å². The summed E-state index contributed by atoms with van der Waals surface area (Å²) >= 11 is 0. The van der Waals surface area contributed by atoms with Gasteiger partial charge in [0.15, 0.2) is 0 Å². The van der Waals surface area contributed by atoms with Crippen LogP contribution in [0.15, 0.2) is 58.5 Å². The van der Waals surface area contributed by atoms with Crippen LogP contribution in [0.25, 0.3) is 0 Å². The third-order valence-corrected chi connectivity index (χ3v) is 4.06. The molecule has 0 atom stereocenters. The van der Waals surface area contributed by atoms with Crippen molar-refractivity contribution in [3.05, 3.63) is 59.7 Å². The van der Waals surface area contributed by atoms with Gasteiger partial charge in [-0.05, 0) is 48.9 Å². The average molecular weight is 340 g/mol. The van der Waals surface area contributed by atoms with E-state index in [1.807, 2.05) is 6.92 Å². The summed E-state index contributed by atoms with van der Waals surface area (Å²) in [6, 6.07) is 11.9. The summed E-state index contributed by atoms with van der Waals surface area (Å²) in [6.45, 7) is -1.04. The van der Waals surface area contributed by atoms with Crippen molar-refractivity contribution >= 4 is 16.2 Å². The monoisotopic (exact) mass is 340 g/mol. The van der Waals surface area contributed by atoms with E-state index in [9.17, 15) is 17.2 Å². The van der Waals surface area contributed by atoms with Gasteiger partial charge >= 0.3 is 6.61 Å². The molecule has 1 N–H and O–H groups in total. The Morgan fingerprint density at radius 2 is 1.70 bits per heavy atom. The Morgan fingerprint density at radius 3 is 2.26 bits per heavy atom. The van der Waals surface area contributed by atoms with Gasteiger partial charge in [0.2, 0.25) is 0 Å². The van der Waals surface area contributed by atoms with Crippen molar-refractivity contribution in [3.63, 3.8) is 0 Å². The molecule has 0 saturated heterocycles. The van der Waals surface area contributed by atoms with Gasteiger partial charge < -0.3 is 4.74 Å². The molecule has 0 aromatic heterocycles. The molecule has 2 aromatic rings. The molecule has 0 unspecified atom stereocenters. The number of hydrogen-bond donors (Lipinski definition) is 1. The Kier molecular flexibility index (Phi) is 5.28. The van der Waals surface area contributed by atoms with Gasteiger partial charge in [0.25, 0.3) is 10.0 Å². The first kappa shape index (κ1) is 16.9. The molecule has 8 heteroatoms. The van der Waals surface area contributed by atoms with Crippen molar-refractivity contribution in [2.24, 2.45) is 5.10 Å². The van der Waals surface area contributed by atoms with Crippen molar-refractivity contribution in [3.8, 4) is 5.75 Å². The van der Waals surface area contributed by atoms with Gasteiger partial charge in [0.1, 0.15) is 5.75 Å². The summed E-state index contributed by atoms with van der Waals surface area (Å²) in [5.41, 5.74) is 1.47.